The number of ether oxygens (including phenoxy) is 1. The average Bonchev–Trinajstić information content (AvgIpc) is 2.99. The summed E-state index contributed by atoms with van der Waals surface area (Å²) in [4.78, 5) is 29.4. The number of benzene rings is 1. The number of amides is 2. The predicted molar refractivity (Wildman–Crippen MR) is 99.6 cm³/mol. The molecule has 3 rings (SSSR count). The fourth-order valence-electron chi connectivity index (χ4n) is 4.01. The van der Waals surface area contributed by atoms with Crippen molar-refractivity contribution in [3.05, 3.63) is 35.4 Å². The van der Waals surface area contributed by atoms with Crippen LogP contribution in [-0.2, 0) is 9.53 Å². The lowest BCUT2D eigenvalue weighted by Crippen LogP contribution is -2.56. The summed E-state index contributed by atoms with van der Waals surface area (Å²) in [5.74, 6) is -2.54. The van der Waals surface area contributed by atoms with Gasteiger partial charge in [0, 0.05) is 24.7 Å². The number of rotatable bonds is 5. The zero-order chi connectivity index (χ0) is 20.3. The number of halogens is 2. The van der Waals surface area contributed by atoms with Crippen molar-refractivity contribution in [1.29, 1.82) is 0 Å². The molecule has 2 aliphatic rings. The van der Waals surface area contributed by atoms with Crippen molar-refractivity contribution in [2.24, 2.45) is 0 Å². The molecule has 2 fully saturated rings. The van der Waals surface area contributed by atoms with Crippen molar-refractivity contribution in [2.75, 3.05) is 33.8 Å². The van der Waals surface area contributed by atoms with Crippen molar-refractivity contribution >= 4 is 11.8 Å². The highest BCUT2D eigenvalue weighted by atomic mass is 19.1. The highest BCUT2D eigenvalue weighted by Crippen LogP contribution is 2.41. The fourth-order valence-corrected chi connectivity index (χ4v) is 4.01. The predicted octanol–water partition coefficient (Wildman–Crippen LogP) is 2.14. The third kappa shape index (κ3) is 4.33. The van der Waals surface area contributed by atoms with Crippen molar-refractivity contribution in [3.8, 4) is 0 Å². The Labute approximate surface area is 163 Å². The third-order valence-corrected chi connectivity index (χ3v) is 5.38. The summed E-state index contributed by atoms with van der Waals surface area (Å²) in [6.45, 7) is 1.18. The zero-order valence-corrected chi connectivity index (χ0v) is 16.3. The summed E-state index contributed by atoms with van der Waals surface area (Å²) in [6, 6.07) is 1.90. The van der Waals surface area contributed by atoms with Gasteiger partial charge in [-0.3, -0.25) is 14.5 Å². The van der Waals surface area contributed by atoms with Crippen LogP contribution in [0.5, 0.6) is 0 Å². The van der Waals surface area contributed by atoms with Crippen LogP contribution in [0.25, 0.3) is 0 Å². The second-order valence-corrected chi connectivity index (χ2v) is 7.76. The van der Waals surface area contributed by atoms with Gasteiger partial charge in [-0.1, -0.05) is 6.42 Å². The van der Waals surface area contributed by atoms with Gasteiger partial charge in [0.05, 0.1) is 6.61 Å². The quantitative estimate of drug-likeness (QED) is 0.830. The first-order valence-electron chi connectivity index (χ1n) is 9.68. The molecule has 6 nitrogen and oxygen atoms in total. The molecule has 0 aromatic heterocycles. The molecule has 1 aromatic carbocycles. The van der Waals surface area contributed by atoms with Crippen molar-refractivity contribution in [3.63, 3.8) is 0 Å². The Morgan fingerprint density at radius 2 is 1.82 bits per heavy atom. The summed E-state index contributed by atoms with van der Waals surface area (Å²) in [6.07, 6.45) is 3.99. The summed E-state index contributed by atoms with van der Waals surface area (Å²) >= 11 is 0. The standard InChI is InChI=1S/C20H27F2N3O3/c1-24(2)9-8-23-18(26)17-13-28-20(6-4-3-5-7-20)25(17)19(27)14-10-15(21)12-16(22)11-14/h10-12,17H,3-9,13H2,1-2H3,(H,23,26)/t17-/m0/s1. The number of carbonyl (C=O) groups excluding carboxylic acids is 2. The van der Waals surface area contributed by atoms with E-state index in [0.29, 0.717) is 25.9 Å². The van der Waals surface area contributed by atoms with E-state index in [-0.39, 0.29) is 18.1 Å². The van der Waals surface area contributed by atoms with E-state index in [4.69, 9.17) is 4.74 Å². The minimum absolute atomic E-state index is 0.0807. The normalized spacial score (nSPS) is 21.3. The van der Waals surface area contributed by atoms with Crippen LogP contribution >= 0.6 is 0 Å². The molecule has 0 unspecified atom stereocenters. The molecule has 154 valence electrons. The molecule has 1 aliphatic carbocycles. The smallest absolute Gasteiger partial charge is 0.257 e. The van der Waals surface area contributed by atoms with Crippen LogP contribution in [0.15, 0.2) is 18.2 Å². The molecule has 1 heterocycles. The Morgan fingerprint density at radius 3 is 2.43 bits per heavy atom. The molecule has 28 heavy (non-hydrogen) atoms. The van der Waals surface area contributed by atoms with E-state index in [2.05, 4.69) is 5.32 Å². The number of hydrogen-bond donors (Lipinski definition) is 1. The number of nitrogens with one attached hydrogen (secondary N) is 1. The van der Waals surface area contributed by atoms with Crippen molar-refractivity contribution in [2.45, 2.75) is 43.9 Å². The lowest BCUT2D eigenvalue weighted by Gasteiger charge is -2.41. The molecular weight excluding hydrogens is 368 g/mol. The molecule has 0 radical (unpaired) electrons. The molecule has 1 saturated carbocycles. The molecule has 1 atom stereocenters. The van der Waals surface area contributed by atoms with Crippen LogP contribution in [0, 0.1) is 11.6 Å². The lowest BCUT2D eigenvalue weighted by molar-refractivity contribution is -0.127. The van der Waals surface area contributed by atoms with Crippen molar-refractivity contribution in [1.82, 2.24) is 15.1 Å². The highest BCUT2D eigenvalue weighted by Gasteiger charge is 2.53. The van der Waals surface area contributed by atoms with E-state index >= 15 is 0 Å². The van der Waals surface area contributed by atoms with Gasteiger partial charge in [0.2, 0.25) is 5.91 Å². The van der Waals surface area contributed by atoms with Crippen LogP contribution in [0.3, 0.4) is 0 Å². The number of hydrogen-bond acceptors (Lipinski definition) is 4. The van der Waals surface area contributed by atoms with E-state index < -0.39 is 29.3 Å². The molecule has 0 bridgehead atoms. The summed E-state index contributed by atoms with van der Waals surface area (Å²) < 4.78 is 33.4. The van der Waals surface area contributed by atoms with Gasteiger partial charge in [0.25, 0.3) is 5.91 Å². The fraction of sp³-hybridized carbons (Fsp3) is 0.600. The van der Waals surface area contributed by atoms with Gasteiger partial charge in [-0.25, -0.2) is 8.78 Å². The Balaban J connectivity index is 1.87. The molecule has 1 aliphatic heterocycles. The van der Waals surface area contributed by atoms with Gasteiger partial charge in [-0.15, -0.1) is 0 Å². The zero-order valence-electron chi connectivity index (χ0n) is 16.3. The number of nitrogens with zero attached hydrogens (tertiary/aromatic N) is 2. The van der Waals surface area contributed by atoms with E-state index in [9.17, 15) is 18.4 Å². The summed E-state index contributed by atoms with van der Waals surface area (Å²) in [5, 5.41) is 2.83. The first-order chi connectivity index (χ1) is 13.3. The van der Waals surface area contributed by atoms with Gasteiger partial charge in [0.15, 0.2) is 0 Å². The topological polar surface area (TPSA) is 61.9 Å². The van der Waals surface area contributed by atoms with E-state index in [1.807, 2.05) is 19.0 Å². The molecular formula is C20H27F2N3O3. The van der Waals surface area contributed by atoms with Crippen LogP contribution < -0.4 is 5.32 Å². The minimum Gasteiger partial charge on any atom is -0.353 e. The van der Waals surface area contributed by atoms with Crippen LogP contribution in [0.1, 0.15) is 42.5 Å². The number of likely N-dealkylation sites (N-methyl/N-ethyl adjacent to an activating group) is 1. The number of carbonyl (C=O) groups is 2. The maximum Gasteiger partial charge on any atom is 0.257 e. The lowest BCUT2D eigenvalue weighted by atomic mass is 9.89. The maximum atomic E-state index is 13.7. The monoisotopic (exact) mass is 395 g/mol. The largest absolute Gasteiger partial charge is 0.353 e. The van der Waals surface area contributed by atoms with Gasteiger partial charge >= 0.3 is 0 Å². The van der Waals surface area contributed by atoms with E-state index in [0.717, 1.165) is 37.5 Å². The second kappa shape index (κ2) is 8.53. The highest BCUT2D eigenvalue weighted by molar-refractivity contribution is 5.98. The van der Waals surface area contributed by atoms with Gasteiger partial charge in [0.1, 0.15) is 23.4 Å². The molecule has 1 N–H and O–H groups in total. The Bertz CT molecular complexity index is 715. The second-order valence-electron chi connectivity index (χ2n) is 7.76. The third-order valence-electron chi connectivity index (χ3n) is 5.38. The summed E-state index contributed by atoms with van der Waals surface area (Å²) in [5.41, 5.74) is -0.999. The molecule has 8 heteroatoms. The summed E-state index contributed by atoms with van der Waals surface area (Å²) in [7, 11) is 3.80. The Morgan fingerprint density at radius 1 is 1.18 bits per heavy atom. The van der Waals surface area contributed by atoms with E-state index in [1.54, 1.807) is 0 Å². The Kier molecular flexibility index (Phi) is 6.30. The molecule has 1 saturated heterocycles. The average molecular weight is 395 g/mol. The van der Waals surface area contributed by atoms with Crippen LogP contribution in [-0.4, -0.2) is 67.2 Å². The first-order valence-corrected chi connectivity index (χ1v) is 9.68. The first kappa shape index (κ1) is 20.7. The SMILES string of the molecule is CN(C)CCNC(=O)[C@@H]1COC2(CCCCC2)N1C(=O)c1cc(F)cc(F)c1. The van der Waals surface area contributed by atoms with Crippen LogP contribution in [0.2, 0.25) is 0 Å². The maximum absolute atomic E-state index is 13.7. The van der Waals surface area contributed by atoms with E-state index in [1.165, 1.54) is 4.90 Å². The van der Waals surface area contributed by atoms with Gasteiger partial charge < -0.3 is 15.0 Å². The molecule has 2 amide bonds. The Hall–Kier alpha value is -2.06. The molecule has 1 spiro atoms. The van der Waals surface area contributed by atoms with Gasteiger partial charge in [-0.2, -0.15) is 0 Å². The molecule has 1 aromatic rings. The minimum atomic E-state index is -0.887. The van der Waals surface area contributed by atoms with Crippen LogP contribution in [0.4, 0.5) is 8.78 Å². The van der Waals surface area contributed by atoms with Gasteiger partial charge in [-0.05, 0) is 51.9 Å². The van der Waals surface area contributed by atoms with Crippen molar-refractivity contribution < 1.29 is 23.1 Å².